The van der Waals surface area contributed by atoms with Crippen LogP contribution in [-0.4, -0.2) is 24.8 Å². The largest absolute Gasteiger partial charge is 0.396 e. The Labute approximate surface area is 100 Å². The third-order valence-electron chi connectivity index (χ3n) is 3.35. The summed E-state index contributed by atoms with van der Waals surface area (Å²) in [6.07, 6.45) is 4.93. The SMILES string of the molecule is CC1=CC(C)CC(CNCC(C)(C)CO)C1. The van der Waals surface area contributed by atoms with Crippen LogP contribution in [0.2, 0.25) is 0 Å². The van der Waals surface area contributed by atoms with E-state index in [2.05, 4.69) is 39.1 Å². The maximum absolute atomic E-state index is 9.17. The summed E-state index contributed by atoms with van der Waals surface area (Å²) in [6, 6.07) is 0. The Kier molecular flexibility index (Phi) is 5.00. The van der Waals surface area contributed by atoms with E-state index >= 15 is 0 Å². The number of hydrogen-bond donors (Lipinski definition) is 2. The first-order valence-electron chi connectivity index (χ1n) is 6.42. The molecular formula is C14H27NO. The monoisotopic (exact) mass is 225 g/mol. The normalized spacial score (nSPS) is 26.7. The van der Waals surface area contributed by atoms with Gasteiger partial charge in [-0.15, -0.1) is 0 Å². The Hall–Kier alpha value is -0.340. The van der Waals surface area contributed by atoms with E-state index < -0.39 is 0 Å². The molecule has 1 aliphatic carbocycles. The molecule has 1 aliphatic rings. The van der Waals surface area contributed by atoms with Gasteiger partial charge in [0.05, 0.1) is 0 Å². The summed E-state index contributed by atoms with van der Waals surface area (Å²) in [5.74, 6) is 1.50. The van der Waals surface area contributed by atoms with Gasteiger partial charge in [-0.2, -0.15) is 0 Å². The number of aliphatic hydroxyl groups is 1. The number of nitrogens with one attached hydrogen (secondary N) is 1. The standard InChI is InChI=1S/C14H27NO/c1-11-5-12(2)7-13(6-11)8-15-9-14(3,4)10-16/h5,11,13,15-16H,6-10H2,1-4H3. The molecule has 94 valence electrons. The maximum atomic E-state index is 9.17. The molecule has 0 fully saturated rings. The van der Waals surface area contributed by atoms with Crippen LogP contribution < -0.4 is 5.32 Å². The zero-order valence-corrected chi connectivity index (χ0v) is 11.2. The molecule has 16 heavy (non-hydrogen) atoms. The highest BCUT2D eigenvalue weighted by Crippen LogP contribution is 2.27. The van der Waals surface area contributed by atoms with E-state index in [1.165, 1.54) is 18.4 Å². The Morgan fingerprint density at radius 3 is 2.75 bits per heavy atom. The number of rotatable bonds is 5. The van der Waals surface area contributed by atoms with Crippen molar-refractivity contribution in [2.45, 2.75) is 40.5 Å². The first-order chi connectivity index (χ1) is 7.43. The molecule has 0 saturated carbocycles. The van der Waals surface area contributed by atoms with Crippen LogP contribution >= 0.6 is 0 Å². The molecule has 2 heteroatoms. The molecule has 0 radical (unpaired) electrons. The zero-order valence-electron chi connectivity index (χ0n) is 11.2. The van der Waals surface area contributed by atoms with Crippen LogP contribution in [0.1, 0.15) is 40.5 Å². The van der Waals surface area contributed by atoms with Gasteiger partial charge in [0.2, 0.25) is 0 Å². The minimum absolute atomic E-state index is 0.00513. The van der Waals surface area contributed by atoms with Crippen molar-refractivity contribution in [1.82, 2.24) is 5.32 Å². The molecule has 0 heterocycles. The summed E-state index contributed by atoms with van der Waals surface area (Å²) < 4.78 is 0. The summed E-state index contributed by atoms with van der Waals surface area (Å²) >= 11 is 0. The molecule has 0 aliphatic heterocycles. The summed E-state index contributed by atoms with van der Waals surface area (Å²) in [5, 5.41) is 12.7. The molecule has 0 bridgehead atoms. The molecule has 0 aromatic rings. The fraction of sp³-hybridized carbons (Fsp3) is 0.857. The van der Waals surface area contributed by atoms with Crippen LogP contribution in [0.25, 0.3) is 0 Å². The second-order valence-corrected chi connectivity index (χ2v) is 6.25. The second kappa shape index (κ2) is 5.83. The van der Waals surface area contributed by atoms with Gasteiger partial charge in [-0.05, 0) is 38.1 Å². The fourth-order valence-corrected chi connectivity index (χ4v) is 2.51. The molecule has 2 unspecified atom stereocenters. The van der Waals surface area contributed by atoms with Crippen LogP contribution in [0.4, 0.5) is 0 Å². The van der Waals surface area contributed by atoms with Crippen molar-refractivity contribution >= 4 is 0 Å². The molecular weight excluding hydrogens is 198 g/mol. The number of aliphatic hydroxyl groups excluding tert-OH is 1. The van der Waals surface area contributed by atoms with Gasteiger partial charge < -0.3 is 10.4 Å². The zero-order chi connectivity index (χ0) is 12.2. The molecule has 0 spiro atoms. The molecule has 0 saturated heterocycles. The first-order valence-corrected chi connectivity index (χ1v) is 6.42. The van der Waals surface area contributed by atoms with Gasteiger partial charge in [-0.3, -0.25) is 0 Å². The highest BCUT2D eigenvalue weighted by molar-refractivity contribution is 5.06. The van der Waals surface area contributed by atoms with Crippen LogP contribution in [0.15, 0.2) is 11.6 Å². The van der Waals surface area contributed by atoms with Gasteiger partial charge in [0.15, 0.2) is 0 Å². The van der Waals surface area contributed by atoms with Gasteiger partial charge in [-0.25, -0.2) is 0 Å². The molecule has 0 aromatic carbocycles. The Morgan fingerprint density at radius 1 is 1.50 bits per heavy atom. The maximum Gasteiger partial charge on any atom is 0.0494 e. The molecule has 1 rings (SSSR count). The molecule has 2 nitrogen and oxygen atoms in total. The van der Waals surface area contributed by atoms with Crippen molar-refractivity contribution in [2.24, 2.45) is 17.3 Å². The Bertz CT molecular complexity index is 245. The van der Waals surface area contributed by atoms with Gasteiger partial charge in [0, 0.05) is 18.6 Å². The highest BCUT2D eigenvalue weighted by Gasteiger charge is 2.20. The summed E-state index contributed by atoms with van der Waals surface area (Å²) in [4.78, 5) is 0. The summed E-state index contributed by atoms with van der Waals surface area (Å²) in [5.41, 5.74) is 1.54. The summed E-state index contributed by atoms with van der Waals surface area (Å²) in [7, 11) is 0. The summed E-state index contributed by atoms with van der Waals surface area (Å²) in [6.45, 7) is 11.0. The minimum atomic E-state index is 0.00513. The third kappa shape index (κ3) is 4.67. The lowest BCUT2D eigenvalue weighted by molar-refractivity contribution is 0.154. The lowest BCUT2D eigenvalue weighted by atomic mass is 9.83. The van der Waals surface area contributed by atoms with Crippen molar-refractivity contribution < 1.29 is 5.11 Å². The topological polar surface area (TPSA) is 32.3 Å². The van der Waals surface area contributed by atoms with Crippen molar-refractivity contribution in [1.29, 1.82) is 0 Å². The van der Waals surface area contributed by atoms with E-state index in [1.54, 1.807) is 0 Å². The molecule has 2 atom stereocenters. The lowest BCUT2D eigenvalue weighted by Gasteiger charge is -2.28. The predicted octanol–water partition coefficient (Wildman–Crippen LogP) is 2.59. The average molecular weight is 225 g/mol. The van der Waals surface area contributed by atoms with Crippen LogP contribution in [0.3, 0.4) is 0 Å². The number of allylic oxidation sites excluding steroid dienone is 2. The molecule has 0 aromatic heterocycles. The Morgan fingerprint density at radius 2 is 2.19 bits per heavy atom. The van der Waals surface area contributed by atoms with E-state index in [4.69, 9.17) is 5.11 Å². The van der Waals surface area contributed by atoms with E-state index in [0.717, 1.165) is 24.9 Å². The minimum Gasteiger partial charge on any atom is -0.396 e. The average Bonchev–Trinajstić information content (AvgIpc) is 2.16. The van der Waals surface area contributed by atoms with E-state index in [1.807, 2.05) is 0 Å². The van der Waals surface area contributed by atoms with E-state index in [0.29, 0.717) is 0 Å². The quantitative estimate of drug-likeness (QED) is 0.705. The third-order valence-corrected chi connectivity index (χ3v) is 3.35. The van der Waals surface area contributed by atoms with Crippen LogP contribution in [-0.2, 0) is 0 Å². The number of hydrogen-bond acceptors (Lipinski definition) is 2. The first kappa shape index (κ1) is 13.7. The van der Waals surface area contributed by atoms with Gasteiger partial charge in [0.25, 0.3) is 0 Å². The highest BCUT2D eigenvalue weighted by atomic mass is 16.3. The van der Waals surface area contributed by atoms with Crippen molar-refractivity contribution in [3.63, 3.8) is 0 Å². The van der Waals surface area contributed by atoms with Crippen molar-refractivity contribution in [3.8, 4) is 0 Å². The van der Waals surface area contributed by atoms with E-state index in [-0.39, 0.29) is 12.0 Å². The molecule has 2 N–H and O–H groups in total. The molecule has 0 amide bonds. The van der Waals surface area contributed by atoms with Crippen LogP contribution in [0, 0.1) is 17.3 Å². The van der Waals surface area contributed by atoms with Gasteiger partial charge in [-0.1, -0.05) is 32.4 Å². The second-order valence-electron chi connectivity index (χ2n) is 6.25. The predicted molar refractivity (Wildman–Crippen MR) is 69.4 cm³/mol. The fourth-order valence-electron chi connectivity index (χ4n) is 2.51. The van der Waals surface area contributed by atoms with Gasteiger partial charge in [0.1, 0.15) is 0 Å². The Balaban J connectivity index is 2.27. The van der Waals surface area contributed by atoms with Crippen molar-refractivity contribution in [2.75, 3.05) is 19.7 Å². The smallest absolute Gasteiger partial charge is 0.0494 e. The van der Waals surface area contributed by atoms with Gasteiger partial charge >= 0.3 is 0 Å². The van der Waals surface area contributed by atoms with Crippen LogP contribution in [0.5, 0.6) is 0 Å². The lowest BCUT2D eigenvalue weighted by Crippen LogP contribution is -2.35. The van der Waals surface area contributed by atoms with E-state index in [9.17, 15) is 0 Å². The van der Waals surface area contributed by atoms with Crippen molar-refractivity contribution in [3.05, 3.63) is 11.6 Å².